The van der Waals surface area contributed by atoms with Gasteiger partial charge in [0.25, 0.3) is 11.8 Å². The van der Waals surface area contributed by atoms with Crippen LogP contribution in [0.1, 0.15) is 12.0 Å². The third-order valence-corrected chi connectivity index (χ3v) is 2.65. The summed E-state index contributed by atoms with van der Waals surface area (Å²) in [4.78, 5) is 24.4. The van der Waals surface area contributed by atoms with Crippen molar-refractivity contribution >= 4 is 17.9 Å². The average molecular weight is 243 g/mol. The van der Waals surface area contributed by atoms with Crippen molar-refractivity contribution in [3.8, 4) is 5.75 Å². The summed E-state index contributed by atoms with van der Waals surface area (Å²) >= 11 is 0. The minimum atomic E-state index is -0.368. The minimum Gasteiger partial charge on any atom is -0.507 e. The topological polar surface area (TPSA) is 57.6 Å². The molecule has 0 spiro atoms. The molecule has 4 heteroatoms. The van der Waals surface area contributed by atoms with Gasteiger partial charge in [0, 0.05) is 18.2 Å². The number of carbonyl (C=O) groups excluding carboxylic acids is 2. The predicted octanol–water partition coefficient (Wildman–Crippen LogP) is 1.72. The molecule has 0 bridgehead atoms. The Hall–Kier alpha value is -2.36. The van der Waals surface area contributed by atoms with Crippen molar-refractivity contribution in [1.82, 2.24) is 4.90 Å². The molecule has 0 aromatic heterocycles. The number of aromatic hydroxyl groups is 1. The summed E-state index contributed by atoms with van der Waals surface area (Å²) in [5.74, 6) is -0.563. The third kappa shape index (κ3) is 2.66. The fraction of sp³-hybridized carbons (Fsp3) is 0.143. The summed E-state index contributed by atoms with van der Waals surface area (Å²) in [5, 5.41) is 9.53. The predicted molar refractivity (Wildman–Crippen MR) is 67.6 cm³/mol. The number of carbonyl (C=O) groups is 2. The number of para-hydroxylation sites is 1. The number of rotatable bonds is 2. The van der Waals surface area contributed by atoms with Gasteiger partial charge in [-0.15, -0.1) is 0 Å². The monoisotopic (exact) mass is 243 g/mol. The van der Waals surface area contributed by atoms with Gasteiger partial charge in [-0.25, -0.2) is 0 Å². The van der Waals surface area contributed by atoms with Crippen LogP contribution < -0.4 is 0 Å². The molecule has 0 atom stereocenters. The lowest BCUT2D eigenvalue weighted by atomic mass is 10.2. The van der Waals surface area contributed by atoms with E-state index in [1.165, 1.54) is 23.1 Å². The normalized spacial score (nSPS) is 15.3. The lowest BCUT2D eigenvalue weighted by Crippen LogP contribution is -2.37. The van der Waals surface area contributed by atoms with Gasteiger partial charge in [0.05, 0.1) is 0 Å². The molecule has 2 rings (SSSR count). The number of hydrogen-bond donors (Lipinski definition) is 1. The molecule has 0 saturated heterocycles. The number of hydrogen-bond acceptors (Lipinski definition) is 3. The smallest absolute Gasteiger partial charge is 0.253 e. The van der Waals surface area contributed by atoms with Crippen molar-refractivity contribution in [3.63, 3.8) is 0 Å². The van der Waals surface area contributed by atoms with E-state index in [0.717, 1.165) is 0 Å². The van der Waals surface area contributed by atoms with Crippen molar-refractivity contribution < 1.29 is 14.7 Å². The SMILES string of the molecule is O=C1C=CCCN1C(=O)/C=C/c1ccccc1O. The Kier molecular flexibility index (Phi) is 3.57. The largest absolute Gasteiger partial charge is 0.507 e. The van der Waals surface area contributed by atoms with E-state index in [9.17, 15) is 14.7 Å². The molecule has 1 aliphatic rings. The van der Waals surface area contributed by atoms with Gasteiger partial charge in [-0.05, 0) is 24.6 Å². The van der Waals surface area contributed by atoms with Gasteiger partial charge >= 0.3 is 0 Å². The molecule has 0 radical (unpaired) electrons. The maximum Gasteiger partial charge on any atom is 0.253 e. The highest BCUT2D eigenvalue weighted by Gasteiger charge is 2.18. The first-order chi connectivity index (χ1) is 8.68. The van der Waals surface area contributed by atoms with E-state index in [-0.39, 0.29) is 17.6 Å². The quantitative estimate of drug-likeness (QED) is 0.805. The lowest BCUT2D eigenvalue weighted by molar-refractivity contribution is -0.139. The van der Waals surface area contributed by atoms with Crippen LogP contribution in [0.15, 0.2) is 42.5 Å². The van der Waals surface area contributed by atoms with Gasteiger partial charge < -0.3 is 5.11 Å². The zero-order valence-electron chi connectivity index (χ0n) is 9.74. The summed E-state index contributed by atoms with van der Waals surface area (Å²) in [6, 6.07) is 6.70. The Balaban J connectivity index is 2.10. The van der Waals surface area contributed by atoms with E-state index in [1.54, 1.807) is 30.3 Å². The van der Waals surface area contributed by atoms with Gasteiger partial charge in [0.15, 0.2) is 0 Å². The highest BCUT2D eigenvalue weighted by Crippen LogP contribution is 2.17. The van der Waals surface area contributed by atoms with Crippen molar-refractivity contribution in [1.29, 1.82) is 0 Å². The van der Waals surface area contributed by atoms with Crippen molar-refractivity contribution in [2.75, 3.05) is 6.54 Å². The van der Waals surface area contributed by atoms with Gasteiger partial charge in [-0.1, -0.05) is 24.3 Å². The number of phenols is 1. The summed E-state index contributed by atoms with van der Waals surface area (Å²) in [7, 11) is 0. The van der Waals surface area contributed by atoms with Crippen molar-refractivity contribution in [2.24, 2.45) is 0 Å². The highest BCUT2D eigenvalue weighted by molar-refractivity contribution is 6.07. The summed E-state index contributed by atoms with van der Waals surface area (Å²) < 4.78 is 0. The standard InChI is InChI=1S/C14H13NO3/c16-12-6-2-1-5-11(12)8-9-14(18)15-10-4-3-7-13(15)17/h1-3,5-9,16H,4,10H2/b9-8+. The molecule has 2 amide bonds. The van der Waals surface area contributed by atoms with E-state index in [1.807, 2.05) is 0 Å². The second kappa shape index (κ2) is 5.31. The second-order valence-corrected chi connectivity index (χ2v) is 3.91. The number of benzene rings is 1. The summed E-state index contributed by atoms with van der Waals surface area (Å²) in [6.07, 6.45) is 6.63. The van der Waals surface area contributed by atoms with Crippen LogP contribution in [-0.4, -0.2) is 28.4 Å². The molecule has 92 valence electrons. The number of phenolic OH excluding ortho intramolecular Hbond substituents is 1. The number of nitrogens with zero attached hydrogens (tertiary/aromatic N) is 1. The molecule has 18 heavy (non-hydrogen) atoms. The van der Waals surface area contributed by atoms with E-state index >= 15 is 0 Å². The van der Waals surface area contributed by atoms with Crippen LogP contribution in [0.3, 0.4) is 0 Å². The van der Waals surface area contributed by atoms with E-state index < -0.39 is 0 Å². The number of imide groups is 1. The first kappa shape index (κ1) is 12.1. The van der Waals surface area contributed by atoms with Crippen LogP contribution >= 0.6 is 0 Å². The Morgan fingerprint density at radius 1 is 1.33 bits per heavy atom. The summed E-state index contributed by atoms with van der Waals surface area (Å²) in [6.45, 7) is 0.402. The fourth-order valence-electron chi connectivity index (χ4n) is 1.69. The van der Waals surface area contributed by atoms with Gasteiger partial charge in [0.2, 0.25) is 0 Å². The zero-order chi connectivity index (χ0) is 13.0. The molecule has 1 aromatic rings. The van der Waals surface area contributed by atoms with E-state index in [2.05, 4.69) is 0 Å². The second-order valence-electron chi connectivity index (χ2n) is 3.91. The van der Waals surface area contributed by atoms with Gasteiger partial charge in [-0.2, -0.15) is 0 Å². The molecule has 1 N–H and O–H groups in total. The lowest BCUT2D eigenvalue weighted by Gasteiger charge is -2.19. The third-order valence-electron chi connectivity index (χ3n) is 2.65. The number of amides is 2. The maximum atomic E-state index is 11.8. The highest BCUT2D eigenvalue weighted by atomic mass is 16.3. The molecule has 0 unspecified atom stereocenters. The molecule has 0 fully saturated rings. The van der Waals surface area contributed by atoms with Crippen molar-refractivity contribution in [3.05, 3.63) is 48.1 Å². The first-order valence-electron chi connectivity index (χ1n) is 5.66. The van der Waals surface area contributed by atoms with E-state index in [4.69, 9.17) is 0 Å². The molecule has 0 aliphatic carbocycles. The van der Waals surface area contributed by atoms with Gasteiger partial charge in [-0.3, -0.25) is 14.5 Å². The Bertz CT molecular complexity index is 532. The van der Waals surface area contributed by atoms with Crippen LogP contribution in [0.5, 0.6) is 5.75 Å². The molecular formula is C14H13NO3. The van der Waals surface area contributed by atoms with Crippen LogP contribution in [0.2, 0.25) is 0 Å². The first-order valence-corrected chi connectivity index (χ1v) is 5.66. The molecule has 4 nitrogen and oxygen atoms in total. The van der Waals surface area contributed by atoms with E-state index in [0.29, 0.717) is 18.5 Å². The van der Waals surface area contributed by atoms with Crippen molar-refractivity contribution in [2.45, 2.75) is 6.42 Å². The van der Waals surface area contributed by atoms with Crippen LogP contribution in [0.4, 0.5) is 0 Å². The van der Waals surface area contributed by atoms with Gasteiger partial charge in [0.1, 0.15) is 5.75 Å². The average Bonchev–Trinajstić information content (AvgIpc) is 2.38. The summed E-state index contributed by atoms with van der Waals surface area (Å²) in [5.41, 5.74) is 0.547. The maximum absolute atomic E-state index is 11.8. The molecule has 1 aromatic carbocycles. The molecule has 0 saturated carbocycles. The minimum absolute atomic E-state index is 0.103. The Morgan fingerprint density at radius 2 is 2.11 bits per heavy atom. The Morgan fingerprint density at radius 3 is 2.83 bits per heavy atom. The van der Waals surface area contributed by atoms with Crippen LogP contribution in [0, 0.1) is 0 Å². The fourth-order valence-corrected chi connectivity index (χ4v) is 1.69. The molecule has 1 aliphatic heterocycles. The zero-order valence-corrected chi connectivity index (χ0v) is 9.74. The van der Waals surface area contributed by atoms with Crippen LogP contribution in [-0.2, 0) is 9.59 Å². The Labute approximate surface area is 105 Å². The molecular weight excluding hydrogens is 230 g/mol. The molecule has 1 heterocycles. The van der Waals surface area contributed by atoms with Crippen LogP contribution in [0.25, 0.3) is 6.08 Å².